The first-order chi connectivity index (χ1) is 19.3. The molecule has 40 heavy (non-hydrogen) atoms. The Hall–Kier alpha value is -4.02. The largest absolute Gasteiger partial charge is 0.459 e. The quantitative estimate of drug-likeness (QED) is 0.233. The van der Waals surface area contributed by atoms with Gasteiger partial charge < -0.3 is 19.5 Å². The zero-order valence-corrected chi connectivity index (χ0v) is 22.8. The molecule has 0 bridgehead atoms. The number of carbonyl (C=O) groups is 2. The van der Waals surface area contributed by atoms with Crippen LogP contribution < -0.4 is 5.32 Å². The molecule has 1 N–H and O–H groups in total. The van der Waals surface area contributed by atoms with E-state index in [0.29, 0.717) is 40.6 Å². The molecule has 6 rings (SSSR count). The van der Waals surface area contributed by atoms with E-state index >= 15 is 0 Å². The van der Waals surface area contributed by atoms with Crippen molar-refractivity contribution in [3.05, 3.63) is 82.4 Å². The molecule has 3 atom stereocenters. The van der Waals surface area contributed by atoms with Crippen molar-refractivity contribution in [2.75, 3.05) is 11.9 Å². The lowest BCUT2D eigenvalue weighted by Gasteiger charge is -2.19. The maximum Gasteiger partial charge on any atom is 0.338 e. The molecule has 2 fully saturated rings. The number of benzene rings is 2. The number of hydrogen-bond donors (Lipinski definition) is 1. The molecule has 1 aliphatic carbocycles. The normalized spacial score (nSPS) is 20.4. The van der Waals surface area contributed by atoms with E-state index in [1.54, 1.807) is 35.2 Å². The average Bonchev–Trinajstić information content (AvgIpc) is 3.51. The summed E-state index contributed by atoms with van der Waals surface area (Å²) >= 11 is 6.25. The molecule has 1 aliphatic heterocycles. The predicted molar refractivity (Wildman–Crippen MR) is 147 cm³/mol. The minimum atomic E-state index is -0.715. The van der Waals surface area contributed by atoms with Crippen LogP contribution in [0.4, 0.5) is 5.82 Å². The van der Waals surface area contributed by atoms with Crippen molar-refractivity contribution >= 4 is 40.5 Å². The van der Waals surface area contributed by atoms with Gasteiger partial charge in [-0.15, -0.1) is 0 Å². The van der Waals surface area contributed by atoms with E-state index in [-0.39, 0.29) is 11.9 Å². The molecule has 1 saturated carbocycles. The van der Waals surface area contributed by atoms with Crippen LogP contribution in [0.2, 0.25) is 5.28 Å². The lowest BCUT2D eigenvalue weighted by Crippen LogP contribution is -2.32. The van der Waals surface area contributed by atoms with Crippen LogP contribution in [0.5, 0.6) is 0 Å². The molecule has 2 aliphatic rings. The molecule has 206 valence electrons. The number of aryl methyl sites for hydroxylation is 2. The topological polar surface area (TPSA) is 117 Å². The van der Waals surface area contributed by atoms with Gasteiger partial charge in [0.1, 0.15) is 25.0 Å². The molecular formula is C29H28ClN5O5. The summed E-state index contributed by atoms with van der Waals surface area (Å²) in [5.74, 6) is -0.403. The Morgan fingerprint density at radius 3 is 2.30 bits per heavy atom. The highest BCUT2D eigenvalue weighted by atomic mass is 35.5. The second-order valence-corrected chi connectivity index (χ2v) is 10.6. The van der Waals surface area contributed by atoms with Gasteiger partial charge >= 0.3 is 11.9 Å². The number of halogens is 1. The Kier molecular flexibility index (Phi) is 7.12. The fourth-order valence-electron chi connectivity index (χ4n) is 4.59. The Labute approximate surface area is 235 Å². The van der Waals surface area contributed by atoms with Gasteiger partial charge in [-0.25, -0.2) is 14.6 Å². The molecule has 11 heteroatoms. The van der Waals surface area contributed by atoms with Crippen LogP contribution >= 0.6 is 11.6 Å². The molecule has 3 heterocycles. The number of carbonyl (C=O) groups excluding carboxylic acids is 2. The number of rotatable bonds is 8. The van der Waals surface area contributed by atoms with Gasteiger partial charge in [-0.1, -0.05) is 35.4 Å². The molecule has 2 aromatic heterocycles. The van der Waals surface area contributed by atoms with Crippen LogP contribution in [-0.4, -0.2) is 56.3 Å². The molecule has 1 saturated heterocycles. The fraction of sp³-hybridized carbons (Fsp3) is 0.345. The monoisotopic (exact) mass is 561 g/mol. The summed E-state index contributed by atoms with van der Waals surface area (Å²) in [5, 5.41) is 3.43. The lowest BCUT2D eigenvalue weighted by atomic mass is 10.1. The number of ether oxygens (including phenoxy) is 3. The highest BCUT2D eigenvalue weighted by molar-refractivity contribution is 6.28. The molecule has 2 aromatic carbocycles. The van der Waals surface area contributed by atoms with Crippen molar-refractivity contribution in [2.24, 2.45) is 0 Å². The summed E-state index contributed by atoms with van der Waals surface area (Å²) in [4.78, 5) is 38.9. The number of imidazole rings is 1. The summed E-state index contributed by atoms with van der Waals surface area (Å²) in [6.07, 6.45) is 2.03. The Bertz CT molecular complexity index is 1550. The van der Waals surface area contributed by atoms with Crippen LogP contribution in [0.1, 0.15) is 57.3 Å². The number of esters is 2. The molecule has 0 unspecified atom stereocenters. The zero-order valence-electron chi connectivity index (χ0n) is 22.0. The van der Waals surface area contributed by atoms with Crippen molar-refractivity contribution in [2.45, 2.75) is 57.6 Å². The minimum Gasteiger partial charge on any atom is -0.459 e. The molecule has 0 spiro atoms. The Morgan fingerprint density at radius 2 is 1.65 bits per heavy atom. The second kappa shape index (κ2) is 10.9. The van der Waals surface area contributed by atoms with Crippen LogP contribution in [0, 0.1) is 13.8 Å². The van der Waals surface area contributed by atoms with Gasteiger partial charge in [0.2, 0.25) is 5.28 Å². The van der Waals surface area contributed by atoms with E-state index in [1.165, 1.54) is 0 Å². The number of nitrogens with one attached hydrogen (secondary N) is 1. The third-order valence-electron chi connectivity index (χ3n) is 7.01. The van der Waals surface area contributed by atoms with E-state index in [2.05, 4.69) is 20.3 Å². The van der Waals surface area contributed by atoms with Crippen molar-refractivity contribution in [1.82, 2.24) is 19.5 Å². The highest BCUT2D eigenvalue weighted by Crippen LogP contribution is 2.35. The molecule has 0 radical (unpaired) electrons. The van der Waals surface area contributed by atoms with Crippen LogP contribution in [0.3, 0.4) is 0 Å². The smallest absolute Gasteiger partial charge is 0.338 e. The fourth-order valence-corrected chi connectivity index (χ4v) is 4.76. The molecule has 0 amide bonds. The maximum absolute atomic E-state index is 13.0. The van der Waals surface area contributed by atoms with Crippen molar-refractivity contribution in [3.8, 4) is 0 Å². The van der Waals surface area contributed by atoms with Crippen LogP contribution in [0.15, 0.2) is 54.9 Å². The highest BCUT2D eigenvalue weighted by Gasteiger charge is 2.41. The first kappa shape index (κ1) is 26.2. The molecule has 4 aromatic rings. The molecular weight excluding hydrogens is 534 g/mol. The Balaban J connectivity index is 1.24. The first-order valence-corrected chi connectivity index (χ1v) is 13.6. The third-order valence-corrected chi connectivity index (χ3v) is 7.18. The van der Waals surface area contributed by atoms with Crippen molar-refractivity contribution in [3.63, 3.8) is 0 Å². The summed E-state index contributed by atoms with van der Waals surface area (Å²) in [6, 6.07) is 14.6. The van der Waals surface area contributed by atoms with Crippen LogP contribution in [0.25, 0.3) is 11.2 Å². The SMILES string of the molecule is Cc1ccc(C(=O)OC[C@H]2O[C@@H](n3cnc4c(NC5CC5)nc(Cl)nc43)C[C@@H]2OC(=O)c2ccc(C)cc2)cc1. The van der Waals surface area contributed by atoms with Gasteiger partial charge in [0.25, 0.3) is 0 Å². The van der Waals surface area contributed by atoms with Gasteiger partial charge in [-0.2, -0.15) is 9.97 Å². The van der Waals surface area contributed by atoms with Crippen molar-refractivity contribution in [1.29, 1.82) is 0 Å². The predicted octanol–water partition coefficient (Wildman–Crippen LogP) is 5.04. The van der Waals surface area contributed by atoms with Gasteiger partial charge in [0, 0.05) is 12.5 Å². The van der Waals surface area contributed by atoms with Gasteiger partial charge in [0.05, 0.1) is 17.5 Å². The van der Waals surface area contributed by atoms with Gasteiger partial charge in [-0.3, -0.25) is 4.57 Å². The maximum atomic E-state index is 13.0. The lowest BCUT2D eigenvalue weighted by molar-refractivity contribution is -0.0563. The van der Waals surface area contributed by atoms with E-state index in [1.807, 2.05) is 38.1 Å². The minimum absolute atomic E-state index is 0.0846. The van der Waals surface area contributed by atoms with E-state index in [9.17, 15) is 9.59 Å². The summed E-state index contributed by atoms with van der Waals surface area (Å²) in [6.45, 7) is 3.78. The number of fused-ring (bicyclic) bond motifs is 1. The van der Waals surface area contributed by atoms with Crippen LogP contribution in [-0.2, 0) is 14.2 Å². The third kappa shape index (κ3) is 5.64. The zero-order chi connectivity index (χ0) is 27.8. The van der Waals surface area contributed by atoms with E-state index in [0.717, 1.165) is 24.0 Å². The Morgan fingerprint density at radius 1 is 1.00 bits per heavy atom. The first-order valence-electron chi connectivity index (χ1n) is 13.2. The average molecular weight is 562 g/mol. The van der Waals surface area contributed by atoms with E-state index < -0.39 is 30.4 Å². The standard InChI is InChI=1S/C29H28ClN5O5/c1-16-3-7-18(8-4-16)27(36)38-14-22-21(40-28(37)19-9-5-17(2)6-10-19)13-23(39-22)35-15-31-24-25(32-20-11-12-20)33-29(30)34-26(24)35/h3-10,15,20-23H,11-14H2,1-2H3,(H,32,33,34)/t21-,22+,23+/m0/s1. The van der Waals surface area contributed by atoms with Crippen molar-refractivity contribution < 1.29 is 23.8 Å². The number of anilines is 1. The summed E-state index contributed by atoms with van der Waals surface area (Å²) in [5.41, 5.74) is 3.98. The summed E-state index contributed by atoms with van der Waals surface area (Å²) in [7, 11) is 0. The van der Waals surface area contributed by atoms with E-state index in [4.69, 9.17) is 25.8 Å². The number of hydrogen-bond acceptors (Lipinski definition) is 9. The number of nitrogens with zero attached hydrogens (tertiary/aromatic N) is 4. The van der Waals surface area contributed by atoms with Gasteiger partial charge in [0.15, 0.2) is 17.0 Å². The van der Waals surface area contributed by atoms with Gasteiger partial charge in [-0.05, 0) is 62.6 Å². The molecule has 10 nitrogen and oxygen atoms in total. The second-order valence-electron chi connectivity index (χ2n) is 10.2. The summed E-state index contributed by atoms with van der Waals surface area (Å²) < 4.78 is 19.5. The number of aromatic nitrogens is 4.